The molecule has 0 aromatic carbocycles. The molecule has 0 amide bonds. The molecule has 8 heteroatoms. The summed E-state index contributed by atoms with van der Waals surface area (Å²) in [7, 11) is 0. The van der Waals surface area contributed by atoms with E-state index in [-0.39, 0.29) is 0 Å². The molecule has 1 aliphatic heterocycles. The average molecular weight is 497 g/mol. The standard InChI is InChI=1S/C30H24N8/c1-20-8-6-18-32-28(20)24-13-12-23(35-36-24)22-10-5-16-30(34-22,26-11-3-4-17-31-26)27-15-14-25(37-38-27)29-21(2)9-7-19-33-29/h3-19,34H,1-2H3. The fraction of sp³-hybridized carbons (Fsp3) is 0.100. The number of hydrogen-bond acceptors (Lipinski definition) is 8. The molecule has 6 rings (SSSR count). The predicted molar refractivity (Wildman–Crippen MR) is 145 cm³/mol. The normalized spacial score (nSPS) is 16.5. The highest BCUT2D eigenvalue weighted by Gasteiger charge is 2.37. The van der Waals surface area contributed by atoms with E-state index < -0.39 is 5.54 Å². The van der Waals surface area contributed by atoms with Gasteiger partial charge in [0.05, 0.1) is 28.5 Å². The molecule has 0 saturated carbocycles. The fourth-order valence-corrected chi connectivity index (χ4v) is 4.54. The van der Waals surface area contributed by atoms with Gasteiger partial charge in [0.25, 0.3) is 0 Å². The molecule has 0 bridgehead atoms. The zero-order valence-electron chi connectivity index (χ0n) is 20.9. The maximum Gasteiger partial charge on any atom is 0.143 e. The number of nitrogens with zero attached hydrogens (tertiary/aromatic N) is 7. The molecular weight excluding hydrogens is 472 g/mol. The Morgan fingerprint density at radius 1 is 0.579 bits per heavy atom. The quantitative estimate of drug-likeness (QED) is 0.369. The van der Waals surface area contributed by atoms with Crippen molar-refractivity contribution in [2.45, 2.75) is 19.4 Å². The Kier molecular flexibility index (Phi) is 5.97. The molecule has 1 aliphatic rings. The van der Waals surface area contributed by atoms with Crippen LogP contribution in [0.15, 0.2) is 104 Å². The summed E-state index contributed by atoms with van der Waals surface area (Å²) in [6.07, 6.45) is 11.3. The van der Waals surface area contributed by atoms with Gasteiger partial charge in [0.2, 0.25) is 0 Å². The Morgan fingerprint density at radius 2 is 1.21 bits per heavy atom. The smallest absolute Gasteiger partial charge is 0.143 e. The SMILES string of the molecule is Cc1cccnc1-c1ccc(C2=CC=CC(c3ccccn3)(c3ccc(-c4ncccc4C)nn3)N2)nn1. The molecule has 0 saturated heterocycles. The Labute approximate surface area is 220 Å². The largest absolute Gasteiger partial charge is 0.364 e. The summed E-state index contributed by atoms with van der Waals surface area (Å²) in [6.45, 7) is 4.02. The minimum atomic E-state index is -0.853. The highest BCUT2D eigenvalue weighted by molar-refractivity contribution is 5.69. The highest BCUT2D eigenvalue weighted by Crippen LogP contribution is 2.34. The number of aryl methyl sites for hydroxylation is 2. The van der Waals surface area contributed by atoms with Gasteiger partial charge in [-0.25, -0.2) is 0 Å². The molecule has 1 N–H and O–H groups in total. The van der Waals surface area contributed by atoms with Gasteiger partial charge < -0.3 is 5.32 Å². The molecule has 38 heavy (non-hydrogen) atoms. The maximum atomic E-state index is 4.67. The van der Waals surface area contributed by atoms with Crippen LogP contribution in [0, 0.1) is 13.8 Å². The first-order valence-electron chi connectivity index (χ1n) is 12.3. The van der Waals surface area contributed by atoms with Crippen molar-refractivity contribution in [2.75, 3.05) is 0 Å². The van der Waals surface area contributed by atoms with Gasteiger partial charge in [-0.3, -0.25) is 15.0 Å². The van der Waals surface area contributed by atoms with Crippen molar-refractivity contribution in [1.29, 1.82) is 0 Å². The molecule has 0 spiro atoms. The summed E-state index contributed by atoms with van der Waals surface area (Å²) in [5, 5.41) is 21.8. The topological polar surface area (TPSA) is 102 Å². The van der Waals surface area contributed by atoms with E-state index in [4.69, 9.17) is 0 Å². The molecule has 184 valence electrons. The number of hydrogen-bond donors (Lipinski definition) is 1. The van der Waals surface area contributed by atoms with Crippen LogP contribution in [0.3, 0.4) is 0 Å². The minimum absolute atomic E-state index is 0.695. The highest BCUT2D eigenvalue weighted by atomic mass is 15.2. The summed E-state index contributed by atoms with van der Waals surface area (Å²) >= 11 is 0. The Bertz CT molecular complexity index is 1640. The summed E-state index contributed by atoms with van der Waals surface area (Å²) < 4.78 is 0. The van der Waals surface area contributed by atoms with Crippen LogP contribution in [-0.4, -0.2) is 35.3 Å². The van der Waals surface area contributed by atoms with E-state index in [1.807, 2.05) is 98.8 Å². The van der Waals surface area contributed by atoms with Crippen LogP contribution in [-0.2, 0) is 5.54 Å². The zero-order valence-corrected chi connectivity index (χ0v) is 20.9. The lowest BCUT2D eigenvalue weighted by Crippen LogP contribution is -2.43. The lowest BCUT2D eigenvalue weighted by Gasteiger charge is -2.34. The second-order valence-corrected chi connectivity index (χ2v) is 9.03. The van der Waals surface area contributed by atoms with Crippen LogP contribution in [0.5, 0.6) is 0 Å². The van der Waals surface area contributed by atoms with E-state index in [1.165, 1.54) is 0 Å². The van der Waals surface area contributed by atoms with Gasteiger partial charge in [-0.2, -0.15) is 5.10 Å². The summed E-state index contributed by atoms with van der Waals surface area (Å²) in [4.78, 5) is 13.6. The third-order valence-corrected chi connectivity index (χ3v) is 6.52. The first-order valence-corrected chi connectivity index (χ1v) is 12.3. The lowest BCUT2D eigenvalue weighted by atomic mass is 9.86. The van der Waals surface area contributed by atoms with Crippen molar-refractivity contribution in [3.05, 3.63) is 132 Å². The van der Waals surface area contributed by atoms with E-state index in [0.29, 0.717) is 17.1 Å². The molecule has 5 aromatic rings. The molecule has 6 heterocycles. The first kappa shape index (κ1) is 23.3. The number of rotatable bonds is 5. The minimum Gasteiger partial charge on any atom is -0.364 e. The van der Waals surface area contributed by atoms with E-state index in [1.54, 1.807) is 18.6 Å². The number of nitrogens with one attached hydrogen (secondary N) is 1. The van der Waals surface area contributed by atoms with Gasteiger partial charge in [0.1, 0.15) is 22.6 Å². The first-order chi connectivity index (χ1) is 18.6. The van der Waals surface area contributed by atoms with E-state index in [9.17, 15) is 0 Å². The molecular formula is C30H24N8. The Balaban J connectivity index is 1.37. The molecule has 0 fully saturated rings. The summed E-state index contributed by atoms with van der Waals surface area (Å²) in [5.74, 6) is 0. The van der Waals surface area contributed by atoms with Crippen LogP contribution in [0.25, 0.3) is 28.5 Å². The predicted octanol–water partition coefficient (Wildman–Crippen LogP) is 4.85. The van der Waals surface area contributed by atoms with Crippen molar-refractivity contribution < 1.29 is 0 Å². The number of dihydropyridines is 1. The van der Waals surface area contributed by atoms with Crippen LogP contribution in [0.1, 0.15) is 28.2 Å². The molecule has 1 unspecified atom stereocenters. The monoisotopic (exact) mass is 496 g/mol. The van der Waals surface area contributed by atoms with Gasteiger partial charge in [0.15, 0.2) is 0 Å². The maximum absolute atomic E-state index is 4.67. The average Bonchev–Trinajstić information content (AvgIpc) is 2.98. The number of allylic oxidation sites excluding steroid dienone is 2. The Hall–Kier alpha value is -5.11. The van der Waals surface area contributed by atoms with Gasteiger partial charge in [-0.15, -0.1) is 15.3 Å². The van der Waals surface area contributed by atoms with E-state index >= 15 is 0 Å². The molecule has 0 radical (unpaired) electrons. The van der Waals surface area contributed by atoms with Crippen molar-refractivity contribution in [2.24, 2.45) is 0 Å². The van der Waals surface area contributed by atoms with Crippen LogP contribution >= 0.6 is 0 Å². The number of pyridine rings is 3. The lowest BCUT2D eigenvalue weighted by molar-refractivity contribution is 0.535. The van der Waals surface area contributed by atoms with E-state index in [0.717, 1.165) is 39.6 Å². The van der Waals surface area contributed by atoms with Crippen LogP contribution in [0.2, 0.25) is 0 Å². The second-order valence-electron chi connectivity index (χ2n) is 9.03. The molecule has 0 aliphatic carbocycles. The van der Waals surface area contributed by atoms with Gasteiger partial charge in [-0.1, -0.05) is 24.3 Å². The third kappa shape index (κ3) is 4.22. The summed E-state index contributed by atoms with van der Waals surface area (Å²) in [5.41, 5.74) is 7.27. The van der Waals surface area contributed by atoms with Crippen molar-refractivity contribution in [1.82, 2.24) is 40.7 Å². The van der Waals surface area contributed by atoms with Crippen LogP contribution in [0.4, 0.5) is 0 Å². The van der Waals surface area contributed by atoms with Gasteiger partial charge >= 0.3 is 0 Å². The van der Waals surface area contributed by atoms with Crippen LogP contribution < -0.4 is 5.32 Å². The molecule has 1 atom stereocenters. The van der Waals surface area contributed by atoms with Gasteiger partial charge in [-0.05, 0) is 85.7 Å². The fourth-order valence-electron chi connectivity index (χ4n) is 4.54. The third-order valence-electron chi connectivity index (χ3n) is 6.52. The molecule has 5 aromatic heterocycles. The van der Waals surface area contributed by atoms with Crippen molar-refractivity contribution >= 4 is 5.70 Å². The van der Waals surface area contributed by atoms with Crippen molar-refractivity contribution in [3.63, 3.8) is 0 Å². The second kappa shape index (κ2) is 9.74. The Morgan fingerprint density at radius 3 is 1.79 bits per heavy atom. The zero-order chi connectivity index (χ0) is 26.0. The van der Waals surface area contributed by atoms with E-state index in [2.05, 4.69) is 40.7 Å². The summed E-state index contributed by atoms with van der Waals surface area (Å²) in [6, 6.07) is 21.4. The van der Waals surface area contributed by atoms with Crippen molar-refractivity contribution in [3.8, 4) is 22.8 Å². The molecule has 8 nitrogen and oxygen atoms in total. The number of aromatic nitrogens is 7. The van der Waals surface area contributed by atoms with Gasteiger partial charge in [0, 0.05) is 18.6 Å².